The number of hydrogen-bond acceptors (Lipinski definition) is 8. The average Bonchev–Trinajstić information content (AvgIpc) is 2.48. The molecule has 0 atom stereocenters. The third-order valence-corrected chi connectivity index (χ3v) is 2.90. The SMILES string of the molecule is O=[N+]([O-])c1cc(N=Nc2cc(Cl)ccc2O)c(O)c([N+](=O)[O-])c1. The zero-order valence-corrected chi connectivity index (χ0v) is 11.8. The monoisotopic (exact) mass is 338 g/mol. The van der Waals surface area contributed by atoms with Crippen LogP contribution in [0.2, 0.25) is 5.02 Å². The van der Waals surface area contributed by atoms with E-state index in [1.54, 1.807) is 0 Å². The van der Waals surface area contributed by atoms with Crippen LogP contribution in [-0.2, 0) is 0 Å². The molecule has 0 unspecified atom stereocenters. The average molecular weight is 339 g/mol. The van der Waals surface area contributed by atoms with Gasteiger partial charge in [0.05, 0.1) is 15.9 Å². The van der Waals surface area contributed by atoms with Gasteiger partial charge in [0.15, 0.2) is 0 Å². The first-order valence-electron chi connectivity index (χ1n) is 5.85. The van der Waals surface area contributed by atoms with Gasteiger partial charge in [-0.3, -0.25) is 20.2 Å². The lowest BCUT2D eigenvalue weighted by atomic mass is 10.2. The Bertz CT molecular complexity index is 839. The molecule has 0 amide bonds. The van der Waals surface area contributed by atoms with Crippen LogP contribution in [0, 0.1) is 20.2 Å². The molecule has 0 saturated carbocycles. The molecular weight excluding hydrogens is 332 g/mol. The van der Waals surface area contributed by atoms with E-state index in [1.807, 2.05) is 0 Å². The summed E-state index contributed by atoms with van der Waals surface area (Å²) < 4.78 is 0. The maximum Gasteiger partial charge on any atom is 0.319 e. The fourth-order valence-electron chi connectivity index (χ4n) is 1.59. The highest BCUT2D eigenvalue weighted by Gasteiger charge is 2.24. The summed E-state index contributed by atoms with van der Waals surface area (Å²) in [5.41, 5.74) is -2.10. The molecule has 2 aromatic carbocycles. The Kier molecular flexibility index (Phi) is 4.37. The van der Waals surface area contributed by atoms with Gasteiger partial charge < -0.3 is 10.2 Å². The molecule has 0 spiro atoms. The number of aromatic hydroxyl groups is 2. The van der Waals surface area contributed by atoms with Gasteiger partial charge in [-0.15, -0.1) is 10.2 Å². The number of nitrogens with zero attached hydrogens (tertiary/aromatic N) is 4. The van der Waals surface area contributed by atoms with Crippen LogP contribution >= 0.6 is 11.6 Å². The molecule has 23 heavy (non-hydrogen) atoms. The molecule has 0 heterocycles. The molecule has 118 valence electrons. The number of phenols is 2. The Hall–Kier alpha value is -3.27. The van der Waals surface area contributed by atoms with Crippen LogP contribution in [-0.4, -0.2) is 20.1 Å². The van der Waals surface area contributed by atoms with Crippen molar-refractivity contribution in [2.75, 3.05) is 0 Å². The number of nitro groups is 2. The van der Waals surface area contributed by atoms with Gasteiger partial charge in [-0.1, -0.05) is 11.6 Å². The normalized spacial score (nSPS) is 10.8. The molecule has 2 aromatic rings. The van der Waals surface area contributed by atoms with E-state index < -0.39 is 32.7 Å². The molecule has 0 saturated heterocycles. The van der Waals surface area contributed by atoms with Gasteiger partial charge in [0, 0.05) is 11.1 Å². The molecule has 0 bridgehead atoms. The van der Waals surface area contributed by atoms with Gasteiger partial charge in [0.2, 0.25) is 5.75 Å². The zero-order chi connectivity index (χ0) is 17.1. The van der Waals surface area contributed by atoms with Crippen LogP contribution in [0.5, 0.6) is 11.5 Å². The highest BCUT2D eigenvalue weighted by molar-refractivity contribution is 6.30. The first-order valence-corrected chi connectivity index (χ1v) is 6.23. The summed E-state index contributed by atoms with van der Waals surface area (Å²) >= 11 is 5.72. The topological polar surface area (TPSA) is 151 Å². The molecule has 10 nitrogen and oxygen atoms in total. The van der Waals surface area contributed by atoms with Crippen molar-refractivity contribution in [1.82, 2.24) is 0 Å². The van der Waals surface area contributed by atoms with E-state index in [2.05, 4.69) is 10.2 Å². The molecule has 11 heteroatoms. The number of phenolic OH excluding ortho intramolecular Hbond substituents is 2. The summed E-state index contributed by atoms with van der Waals surface area (Å²) in [4.78, 5) is 19.7. The van der Waals surface area contributed by atoms with Gasteiger partial charge >= 0.3 is 5.69 Å². The first-order chi connectivity index (χ1) is 10.8. The Balaban J connectivity index is 2.54. The van der Waals surface area contributed by atoms with E-state index in [0.29, 0.717) is 6.07 Å². The number of benzene rings is 2. The second-order valence-electron chi connectivity index (χ2n) is 4.18. The molecule has 0 aliphatic heterocycles. The van der Waals surface area contributed by atoms with E-state index in [4.69, 9.17) is 11.6 Å². The second-order valence-corrected chi connectivity index (χ2v) is 4.62. The quantitative estimate of drug-likeness (QED) is 0.488. The molecule has 0 aliphatic carbocycles. The van der Waals surface area contributed by atoms with E-state index in [-0.39, 0.29) is 16.5 Å². The predicted molar refractivity (Wildman–Crippen MR) is 78.7 cm³/mol. The van der Waals surface area contributed by atoms with Crippen molar-refractivity contribution in [2.24, 2.45) is 10.2 Å². The molecule has 0 radical (unpaired) electrons. The predicted octanol–water partition coefficient (Wildman–Crippen LogP) is 3.98. The molecule has 0 fully saturated rings. The fourth-order valence-corrected chi connectivity index (χ4v) is 1.76. The Labute approximate surface area is 132 Å². The van der Waals surface area contributed by atoms with Gasteiger partial charge in [-0.25, -0.2) is 0 Å². The van der Waals surface area contributed by atoms with Gasteiger partial charge in [0.1, 0.15) is 17.1 Å². The lowest BCUT2D eigenvalue weighted by Crippen LogP contribution is -1.93. The lowest BCUT2D eigenvalue weighted by molar-refractivity contribution is -0.394. The minimum absolute atomic E-state index is 0.0777. The van der Waals surface area contributed by atoms with E-state index in [0.717, 1.165) is 6.07 Å². The largest absolute Gasteiger partial charge is 0.506 e. The molecule has 2 N–H and O–H groups in total. The van der Waals surface area contributed by atoms with Crippen LogP contribution in [0.15, 0.2) is 40.6 Å². The van der Waals surface area contributed by atoms with E-state index >= 15 is 0 Å². The Morgan fingerprint density at radius 2 is 1.61 bits per heavy atom. The third-order valence-electron chi connectivity index (χ3n) is 2.66. The number of rotatable bonds is 4. The third kappa shape index (κ3) is 3.49. The van der Waals surface area contributed by atoms with Crippen LogP contribution in [0.1, 0.15) is 0 Å². The van der Waals surface area contributed by atoms with E-state index in [1.165, 1.54) is 18.2 Å². The first kappa shape index (κ1) is 16.1. The van der Waals surface area contributed by atoms with Crippen LogP contribution in [0.3, 0.4) is 0 Å². The van der Waals surface area contributed by atoms with Gasteiger partial charge in [-0.05, 0) is 18.2 Å². The van der Waals surface area contributed by atoms with Gasteiger partial charge in [0.25, 0.3) is 5.69 Å². The summed E-state index contributed by atoms with van der Waals surface area (Å²) in [5.74, 6) is -1.16. The summed E-state index contributed by atoms with van der Waals surface area (Å²) in [5, 5.41) is 48.3. The summed E-state index contributed by atoms with van der Waals surface area (Å²) in [7, 11) is 0. The number of azo groups is 1. The van der Waals surface area contributed by atoms with Crippen molar-refractivity contribution in [2.45, 2.75) is 0 Å². The highest BCUT2D eigenvalue weighted by Crippen LogP contribution is 2.41. The number of nitro benzene ring substituents is 2. The molecule has 0 aromatic heterocycles. The van der Waals surface area contributed by atoms with Crippen molar-refractivity contribution in [1.29, 1.82) is 0 Å². The molecule has 2 rings (SSSR count). The van der Waals surface area contributed by atoms with Gasteiger partial charge in [-0.2, -0.15) is 0 Å². The summed E-state index contributed by atoms with van der Waals surface area (Å²) in [6.07, 6.45) is 0. The Morgan fingerprint density at radius 3 is 2.22 bits per heavy atom. The number of halogens is 1. The zero-order valence-electron chi connectivity index (χ0n) is 11.1. The standard InChI is InChI=1S/C12H7ClN4O6/c13-6-1-2-11(18)8(3-6)14-15-9-4-7(16(20)21)5-10(12(9)19)17(22)23/h1-5,18-19H. The van der Waals surface area contributed by atoms with Crippen LogP contribution in [0.4, 0.5) is 22.7 Å². The van der Waals surface area contributed by atoms with Crippen molar-refractivity contribution >= 4 is 34.4 Å². The maximum absolute atomic E-state index is 10.8. The number of non-ortho nitro benzene ring substituents is 1. The van der Waals surface area contributed by atoms with Crippen LogP contribution in [0.25, 0.3) is 0 Å². The molecule has 0 aliphatic rings. The minimum atomic E-state index is -0.988. The minimum Gasteiger partial charge on any atom is -0.506 e. The van der Waals surface area contributed by atoms with Crippen molar-refractivity contribution in [3.05, 3.63) is 55.6 Å². The molecular formula is C12H7ClN4O6. The van der Waals surface area contributed by atoms with Crippen LogP contribution < -0.4 is 0 Å². The lowest BCUT2D eigenvalue weighted by Gasteiger charge is -2.01. The van der Waals surface area contributed by atoms with Crippen molar-refractivity contribution in [3.63, 3.8) is 0 Å². The van der Waals surface area contributed by atoms with Crippen molar-refractivity contribution in [3.8, 4) is 11.5 Å². The fraction of sp³-hybridized carbons (Fsp3) is 0. The Morgan fingerprint density at radius 1 is 0.957 bits per heavy atom. The summed E-state index contributed by atoms with van der Waals surface area (Å²) in [6, 6.07) is 5.31. The maximum atomic E-state index is 10.8. The van der Waals surface area contributed by atoms with E-state index in [9.17, 15) is 30.4 Å². The summed E-state index contributed by atoms with van der Waals surface area (Å²) in [6.45, 7) is 0. The number of hydrogen-bond donors (Lipinski definition) is 2. The van der Waals surface area contributed by atoms with Crippen molar-refractivity contribution < 1.29 is 20.1 Å². The smallest absolute Gasteiger partial charge is 0.319 e. The second kappa shape index (κ2) is 6.23. The highest BCUT2D eigenvalue weighted by atomic mass is 35.5.